The number of rotatable bonds is 9. The van der Waals surface area contributed by atoms with Crippen LogP contribution in [-0.2, 0) is 9.59 Å². The van der Waals surface area contributed by atoms with Crippen LogP contribution in [0, 0.1) is 29.0 Å². The number of nitriles is 1. The van der Waals surface area contributed by atoms with Crippen LogP contribution in [0.4, 0.5) is 4.39 Å². The van der Waals surface area contributed by atoms with Crippen LogP contribution >= 0.6 is 0 Å². The lowest BCUT2D eigenvalue weighted by Crippen LogP contribution is -2.50. The predicted octanol–water partition coefficient (Wildman–Crippen LogP) is 1.99. The van der Waals surface area contributed by atoms with Crippen molar-refractivity contribution in [3.8, 4) is 11.8 Å². The van der Waals surface area contributed by atoms with Crippen molar-refractivity contribution in [1.82, 2.24) is 20.9 Å². The maximum Gasteiger partial charge on any atom is 0.268 e. The first kappa shape index (κ1) is 24.0. The Hall–Kier alpha value is -3.61. The number of hydrogen-bond acceptors (Lipinski definition) is 5. The molecule has 176 valence electrons. The Bertz CT molecular complexity index is 1090. The van der Waals surface area contributed by atoms with E-state index >= 15 is 0 Å². The second kappa shape index (κ2) is 10.3. The highest BCUT2D eigenvalue weighted by Crippen LogP contribution is 2.29. The molecule has 3 rings (SSSR count). The lowest BCUT2D eigenvalue weighted by Gasteiger charge is -2.22. The Morgan fingerprint density at radius 1 is 1.33 bits per heavy atom. The molecule has 3 atom stereocenters. The Morgan fingerprint density at radius 2 is 2.09 bits per heavy atom. The number of aromatic nitrogens is 1. The van der Waals surface area contributed by atoms with Gasteiger partial charge in [-0.2, -0.15) is 5.26 Å². The van der Waals surface area contributed by atoms with Gasteiger partial charge in [-0.25, -0.2) is 4.39 Å². The van der Waals surface area contributed by atoms with Gasteiger partial charge in [-0.3, -0.25) is 14.4 Å². The van der Waals surface area contributed by atoms with Crippen molar-refractivity contribution >= 4 is 28.6 Å². The number of nitrogens with zero attached hydrogens (tertiary/aromatic N) is 1. The molecule has 0 spiro atoms. The summed E-state index contributed by atoms with van der Waals surface area (Å²) in [6.45, 7) is 4.38. The normalized spacial score (nSPS) is 17.3. The number of halogens is 1. The maximum absolute atomic E-state index is 14.0. The van der Waals surface area contributed by atoms with Gasteiger partial charge in [0.15, 0.2) is 11.6 Å². The molecule has 33 heavy (non-hydrogen) atoms. The molecular weight excluding hydrogens is 429 g/mol. The summed E-state index contributed by atoms with van der Waals surface area (Å²) in [6, 6.07) is 4.49. The molecule has 1 aromatic heterocycles. The van der Waals surface area contributed by atoms with E-state index in [4.69, 9.17) is 4.74 Å². The number of aromatic amines is 1. The zero-order valence-corrected chi connectivity index (χ0v) is 18.8. The summed E-state index contributed by atoms with van der Waals surface area (Å²) < 4.78 is 19.1. The summed E-state index contributed by atoms with van der Waals surface area (Å²) in [5.41, 5.74) is 0.664. The number of fused-ring (bicyclic) bond motifs is 1. The highest BCUT2D eigenvalue weighted by atomic mass is 19.1. The van der Waals surface area contributed by atoms with Crippen LogP contribution in [0.1, 0.15) is 43.6 Å². The summed E-state index contributed by atoms with van der Waals surface area (Å²) in [5, 5.41) is 17.9. The van der Waals surface area contributed by atoms with Gasteiger partial charge < -0.3 is 25.7 Å². The van der Waals surface area contributed by atoms with Crippen LogP contribution in [0.2, 0.25) is 0 Å². The molecule has 0 aliphatic carbocycles. The second-order valence-corrected chi connectivity index (χ2v) is 8.58. The first-order chi connectivity index (χ1) is 15.7. The Labute approximate surface area is 191 Å². The van der Waals surface area contributed by atoms with Gasteiger partial charge in [-0.15, -0.1) is 0 Å². The van der Waals surface area contributed by atoms with E-state index < -0.39 is 29.7 Å². The van der Waals surface area contributed by atoms with Gasteiger partial charge in [-0.05, 0) is 43.4 Å². The first-order valence-electron chi connectivity index (χ1n) is 10.9. The maximum atomic E-state index is 14.0. The number of benzene rings is 1. The molecule has 3 amide bonds. The number of methoxy groups -OCH3 is 1. The molecule has 1 aromatic carbocycles. The third-order valence-corrected chi connectivity index (χ3v) is 5.64. The van der Waals surface area contributed by atoms with Crippen LogP contribution in [0.5, 0.6) is 5.75 Å². The third kappa shape index (κ3) is 5.61. The molecular formula is C23H28FN5O4. The van der Waals surface area contributed by atoms with Crippen LogP contribution in [-0.4, -0.2) is 48.4 Å². The zero-order chi connectivity index (χ0) is 24.1. The predicted molar refractivity (Wildman–Crippen MR) is 119 cm³/mol. The second-order valence-electron chi connectivity index (χ2n) is 8.58. The number of nitrogens with one attached hydrogen (secondary N) is 4. The third-order valence-electron chi connectivity index (χ3n) is 5.64. The van der Waals surface area contributed by atoms with E-state index in [1.807, 2.05) is 19.9 Å². The average molecular weight is 458 g/mol. The Balaban J connectivity index is 1.73. The molecule has 0 radical (unpaired) electrons. The van der Waals surface area contributed by atoms with Crippen molar-refractivity contribution in [3.05, 3.63) is 29.7 Å². The minimum absolute atomic E-state index is 0.0204. The van der Waals surface area contributed by atoms with Crippen molar-refractivity contribution in [3.63, 3.8) is 0 Å². The van der Waals surface area contributed by atoms with Crippen molar-refractivity contribution in [2.75, 3.05) is 13.7 Å². The number of H-pyrrole nitrogens is 1. The lowest BCUT2D eigenvalue weighted by atomic mass is 9.98. The fourth-order valence-corrected chi connectivity index (χ4v) is 3.99. The Morgan fingerprint density at radius 3 is 2.70 bits per heavy atom. The van der Waals surface area contributed by atoms with Gasteiger partial charge in [0.25, 0.3) is 5.91 Å². The first-order valence-corrected chi connectivity index (χ1v) is 10.9. The molecule has 2 heterocycles. The van der Waals surface area contributed by atoms with E-state index in [9.17, 15) is 24.0 Å². The van der Waals surface area contributed by atoms with E-state index in [1.165, 1.54) is 25.3 Å². The van der Waals surface area contributed by atoms with E-state index in [0.29, 0.717) is 30.3 Å². The van der Waals surface area contributed by atoms with Gasteiger partial charge in [0.2, 0.25) is 11.8 Å². The fourth-order valence-electron chi connectivity index (χ4n) is 3.99. The fraction of sp³-hybridized carbons (Fsp3) is 0.478. The zero-order valence-electron chi connectivity index (χ0n) is 18.8. The smallest absolute Gasteiger partial charge is 0.268 e. The molecule has 9 nitrogen and oxygen atoms in total. The standard InChI is InChI=1S/C23H28FN5O4/c1-12(2)8-18(22(31)27-14(11-25)9-13-6-7-26-21(13)30)29-23(32)19-10-15-17(28-19)5-4-16(24)20(15)33-3/h4-5,10,12-14,18,28H,6-9H2,1-3H3,(H,26,30)(H,27,31)(H,29,32)/t13-,14?,18?/m0/s1. The molecule has 2 unspecified atom stereocenters. The highest BCUT2D eigenvalue weighted by molar-refractivity contribution is 6.01. The highest BCUT2D eigenvalue weighted by Gasteiger charge is 2.30. The van der Waals surface area contributed by atoms with E-state index in [-0.39, 0.29) is 35.6 Å². The number of carbonyl (C=O) groups excluding carboxylic acids is 3. The van der Waals surface area contributed by atoms with Gasteiger partial charge in [0, 0.05) is 23.4 Å². The van der Waals surface area contributed by atoms with Crippen molar-refractivity contribution in [2.24, 2.45) is 11.8 Å². The van der Waals surface area contributed by atoms with Crippen molar-refractivity contribution in [1.29, 1.82) is 5.26 Å². The summed E-state index contributed by atoms with van der Waals surface area (Å²) in [5.74, 6) is -1.94. The minimum Gasteiger partial charge on any atom is -0.493 e. The van der Waals surface area contributed by atoms with Crippen LogP contribution in [0.25, 0.3) is 10.9 Å². The van der Waals surface area contributed by atoms with Crippen molar-refractivity contribution in [2.45, 2.75) is 45.2 Å². The molecule has 1 aliphatic rings. The monoisotopic (exact) mass is 457 g/mol. The largest absolute Gasteiger partial charge is 0.493 e. The van der Waals surface area contributed by atoms with E-state index in [0.717, 1.165) is 0 Å². The van der Waals surface area contributed by atoms with E-state index in [2.05, 4.69) is 20.9 Å². The van der Waals surface area contributed by atoms with Crippen LogP contribution < -0.4 is 20.7 Å². The van der Waals surface area contributed by atoms with E-state index in [1.54, 1.807) is 0 Å². The number of ether oxygens (including phenoxy) is 1. The van der Waals surface area contributed by atoms with Gasteiger partial charge >= 0.3 is 0 Å². The Kier molecular flexibility index (Phi) is 7.53. The van der Waals surface area contributed by atoms with Crippen LogP contribution in [0.15, 0.2) is 18.2 Å². The number of amides is 3. The summed E-state index contributed by atoms with van der Waals surface area (Å²) in [4.78, 5) is 40.5. The quantitative estimate of drug-likeness (QED) is 0.457. The molecule has 4 N–H and O–H groups in total. The molecule has 2 aromatic rings. The molecule has 0 saturated carbocycles. The molecule has 1 aliphatic heterocycles. The summed E-state index contributed by atoms with van der Waals surface area (Å²) in [7, 11) is 1.34. The molecule has 1 saturated heterocycles. The van der Waals surface area contributed by atoms with Gasteiger partial charge in [0.1, 0.15) is 17.8 Å². The molecule has 1 fully saturated rings. The summed E-state index contributed by atoms with van der Waals surface area (Å²) >= 11 is 0. The van der Waals surface area contributed by atoms with Gasteiger partial charge in [0.05, 0.1) is 13.2 Å². The minimum atomic E-state index is -0.893. The van der Waals surface area contributed by atoms with Gasteiger partial charge in [-0.1, -0.05) is 13.8 Å². The van der Waals surface area contributed by atoms with Crippen LogP contribution in [0.3, 0.4) is 0 Å². The lowest BCUT2D eigenvalue weighted by molar-refractivity contribution is -0.125. The summed E-state index contributed by atoms with van der Waals surface area (Å²) in [6.07, 6.45) is 1.17. The average Bonchev–Trinajstić information content (AvgIpc) is 3.38. The number of carbonyl (C=O) groups is 3. The number of hydrogen-bond donors (Lipinski definition) is 4. The molecule has 0 bridgehead atoms. The topological polar surface area (TPSA) is 136 Å². The SMILES string of the molecule is COc1c(F)ccc2[nH]c(C(=O)NC(CC(C)C)C(=O)NC(C#N)C[C@@H]3CCNC3=O)cc12. The molecule has 10 heteroatoms. The van der Waals surface area contributed by atoms with Crippen molar-refractivity contribution < 1.29 is 23.5 Å².